The molecule has 88 valence electrons. The van der Waals surface area contributed by atoms with Gasteiger partial charge in [-0.25, -0.2) is 0 Å². The minimum atomic E-state index is -0.141. The van der Waals surface area contributed by atoms with Crippen LogP contribution in [0.4, 0.5) is 0 Å². The van der Waals surface area contributed by atoms with Crippen molar-refractivity contribution >= 4 is 17.5 Å². The Hall–Kier alpha value is -1.03. The lowest BCUT2D eigenvalue weighted by molar-refractivity contribution is 0.0593. The Labute approximate surface area is 99.5 Å². The normalized spacial score (nSPS) is 21.2. The number of nitrogens with zero attached hydrogens (tertiary/aromatic N) is 2. The average molecular weight is 243 g/mol. The molecule has 1 atom stereocenters. The molecule has 2 rings (SSSR count). The van der Waals surface area contributed by atoms with Gasteiger partial charge in [-0.05, 0) is 33.1 Å². The van der Waals surface area contributed by atoms with E-state index in [1.807, 2.05) is 11.8 Å². The quantitative estimate of drug-likeness (QED) is 0.761. The van der Waals surface area contributed by atoms with Crippen LogP contribution in [-0.4, -0.2) is 28.6 Å². The van der Waals surface area contributed by atoms with Crippen LogP contribution in [0.3, 0.4) is 0 Å². The van der Waals surface area contributed by atoms with Crippen LogP contribution in [0.15, 0.2) is 4.52 Å². The van der Waals surface area contributed by atoms with E-state index in [2.05, 4.69) is 5.16 Å². The fourth-order valence-electron chi connectivity index (χ4n) is 2.02. The van der Waals surface area contributed by atoms with Crippen molar-refractivity contribution in [3.8, 4) is 0 Å². The SMILES string of the molecule is Cc1noc(C(=O)N2CCCCC2C)c1Cl. The molecule has 1 fully saturated rings. The van der Waals surface area contributed by atoms with Gasteiger partial charge in [-0.2, -0.15) is 0 Å². The Bertz CT molecular complexity index is 403. The van der Waals surface area contributed by atoms with Crippen LogP contribution < -0.4 is 0 Å². The van der Waals surface area contributed by atoms with Crippen molar-refractivity contribution in [2.24, 2.45) is 0 Å². The summed E-state index contributed by atoms with van der Waals surface area (Å²) in [5, 5.41) is 4.04. The summed E-state index contributed by atoms with van der Waals surface area (Å²) in [6.45, 7) is 4.55. The zero-order valence-electron chi connectivity index (χ0n) is 9.49. The monoisotopic (exact) mass is 242 g/mol. The lowest BCUT2D eigenvalue weighted by Gasteiger charge is -2.32. The van der Waals surface area contributed by atoms with Gasteiger partial charge in [-0.3, -0.25) is 4.79 Å². The molecule has 1 amide bonds. The highest BCUT2D eigenvalue weighted by Crippen LogP contribution is 2.25. The van der Waals surface area contributed by atoms with Crippen molar-refractivity contribution in [3.63, 3.8) is 0 Å². The fraction of sp³-hybridized carbons (Fsp3) is 0.636. The van der Waals surface area contributed by atoms with Crippen molar-refractivity contribution in [3.05, 3.63) is 16.5 Å². The van der Waals surface area contributed by atoms with Crippen LogP contribution in [0.25, 0.3) is 0 Å². The van der Waals surface area contributed by atoms with Gasteiger partial charge in [-0.1, -0.05) is 16.8 Å². The minimum absolute atomic E-state index is 0.141. The average Bonchev–Trinajstić information content (AvgIpc) is 2.60. The van der Waals surface area contributed by atoms with Crippen molar-refractivity contribution in [1.29, 1.82) is 0 Å². The highest BCUT2D eigenvalue weighted by molar-refractivity contribution is 6.33. The number of carbonyl (C=O) groups is 1. The summed E-state index contributed by atoms with van der Waals surface area (Å²) in [4.78, 5) is 14.0. The Kier molecular flexibility index (Phi) is 3.19. The molecule has 0 bridgehead atoms. The molecule has 1 aromatic heterocycles. The van der Waals surface area contributed by atoms with Gasteiger partial charge < -0.3 is 9.42 Å². The van der Waals surface area contributed by atoms with E-state index in [0.717, 1.165) is 19.4 Å². The van der Waals surface area contributed by atoms with Gasteiger partial charge in [0, 0.05) is 12.6 Å². The number of hydrogen-bond donors (Lipinski definition) is 0. The smallest absolute Gasteiger partial charge is 0.294 e. The lowest BCUT2D eigenvalue weighted by atomic mass is 10.0. The number of aromatic nitrogens is 1. The molecule has 0 aliphatic carbocycles. The van der Waals surface area contributed by atoms with Gasteiger partial charge in [0.1, 0.15) is 5.02 Å². The van der Waals surface area contributed by atoms with E-state index < -0.39 is 0 Å². The first kappa shape index (κ1) is 11.5. The second-order valence-electron chi connectivity index (χ2n) is 4.25. The van der Waals surface area contributed by atoms with Crippen molar-refractivity contribution in [2.45, 2.75) is 39.2 Å². The first-order chi connectivity index (χ1) is 7.61. The van der Waals surface area contributed by atoms with Crippen molar-refractivity contribution < 1.29 is 9.32 Å². The van der Waals surface area contributed by atoms with Gasteiger partial charge in [0.25, 0.3) is 5.91 Å². The summed E-state index contributed by atoms with van der Waals surface area (Å²) in [6, 6.07) is 0.253. The number of piperidine rings is 1. The molecule has 16 heavy (non-hydrogen) atoms. The van der Waals surface area contributed by atoms with Gasteiger partial charge in [0.05, 0.1) is 5.69 Å². The number of likely N-dealkylation sites (tertiary alicyclic amines) is 1. The summed E-state index contributed by atoms with van der Waals surface area (Å²) < 4.78 is 4.99. The maximum Gasteiger partial charge on any atom is 0.294 e. The van der Waals surface area contributed by atoms with E-state index in [-0.39, 0.29) is 17.7 Å². The van der Waals surface area contributed by atoms with Crippen molar-refractivity contribution in [2.75, 3.05) is 6.54 Å². The van der Waals surface area contributed by atoms with Gasteiger partial charge >= 0.3 is 0 Å². The minimum Gasteiger partial charge on any atom is -0.349 e. The maximum absolute atomic E-state index is 12.2. The molecule has 1 aromatic rings. The highest BCUT2D eigenvalue weighted by Gasteiger charge is 2.29. The molecule has 0 aromatic carbocycles. The predicted octanol–water partition coefficient (Wildman–Crippen LogP) is 2.65. The van der Waals surface area contributed by atoms with Crippen LogP contribution in [0, 0.1) is 6.92 Å². The molecular formula is C11H15ClN2O2. The van der Waals surface area contributed by atoms with E-state index in [1.54, 1.807) is 6.92 Å². The first-order valence-electron chi connectivity index (χ1n) is 5.54. The molecule has 0 spiro atoms. The standard InChI is InChI=1S/C11H15ClN2O2/c1-7-5-3-4-6-14(7)11(15)10-9(12)8(2)13-16-10/h7H,3-6H2,1-2H3. The molecule has 2 heterocycles. The number of hydrogen-bond acceptors (Lipinski definition) is 3. The zero-order chi connectivity index (χ0) is 11.7. The van der Waals surface area contributed by atoms with Crippen LogP contribution in [-0.2, 0) is 0 Å². The molecule has 4 nitrogen and oxygen atoms in total. The first-order valence-corrected chi connectivity index (χ1v) is 5.92. The lowest BCUT2D eigenvalue weighted by Crippen LogP contribution is -2.42. The third-order valence-corrected chi connectivity index (χ3v) is 3.49. The fourth-order valence-corrected chi connectivity index (χ4v) is 2.17. The molecule has 1 unspecified atom stereocenters. The van der Waals surface area contributed by atoms with Gasteiger partial charge in [-0.15, -0.1) is 0 Å². The Morgan fingerprint density at radius 1 is 1.56 bits per heavy atom. The largest absolute Gasteiger partial charge is 0.349 e. The highest BCUT2D eigenvalue weighted by atomic mass is 35.5. The van der Waals surface area contributed by atoms with Crippen LogP contribution in [0.1, 0.15) is 42.4 Å². The topological polar surface area (TPSA) is 46.3 Å². The Morgan fingerprint density at radius 3 is 2.88 bits per heavy atom. The summed E-state index contributed by atoms with van der Waals surface area (Å²) >= 11 is 5.97. The third-order valence-electron chi connectivity index (χ3n) is 3.05. The molecule has 0 radical (unpaired) electrons. The molecule has 0 N–H and O–H groups in total. The number of halogens is 1. The van der Waals surface area contributed by atoms with Gasteiger partial charge in [0.2, 0.25) is 5.76 Å². The number of rotatable bonds is 1. The predicted molar refractivity (Wildman–Crippen MR) is 60.6 cm³/mol. The van der Waals surface area contributed by atoms with Crippen molar-refractivity contribution in [1.82, 2.24) is 10.1 Å². The number of aryl methyl sites for hydroxylation is 1. The molecule has 0 saturated carbocycles. The third kappa shape index (κ3) is 1.94. The summed E-state index contributed by atoms with van der Waals surface area (Å²) in [5.74, 6) is 0.0331. The second kappa shape index (κ2) is 4.45. The molecule has 1 saturated heterocycles. The second-order valence-corrected chi connectivity index (χ2v) is 4.63. The molecule has 1 aliphatic rings. The van der Waals surface area contributed by atoms with E-state index in [9.17, 15) is 4.79 Å². The van der Waals surface area contributed by atoms with E-state index in [1.165, 1.54) is 6.42 Å². The number of carbonyl (C=O) groups excluding carboxylic acids is 1. The maximum atomic E-state index is 12.2. The van der Waals surface area contributed by atoms with Crippen LogP contribution >= 0.6 is 11.6 Å². The van der Waals surface area contributed by atoms with E-state index in [4.69, 9.17) is 16.1 Å². The molecule has 1 aliphatic heterocycles. The van der Waals surface area contributed by atoms with E-state index in [0.29, 0.717) is 10.7 Å². The van der Waals surface area contributed by atoms with E-state index >= 15 is 0 Å². The zero-order valence-corrected chi connectivity index (χ0v) is 10.3. The Balaban J connectivity index is 2.21. The summed E-state index contributed by atoms with van der Waals surface area (Å²) in [7, 11) is 0. The van der Waals surface area contributed by atoms with Crippen LogP contribution in [0.2, 0.25) is 5.02 Å². The number of amides is 1. The summed E-state index contributed by atoms with van der Waals surface area (Å²) in [5.41, 5.74) is 0.565. The van der Waals surface area contributed by atoms with Gasteiger partial charge in [0.15, 0.2) is 0 Å². The summed E-state index contributed by atoms with van der Waals surface area (Å²) in [6.07, 6.45) is 3.26. The molecule has 5 heteroatoms. The Morgan fingerprint density at radius 2 is 2.31 bits per heavy atom. The molecular weight excluding hydrogens is 228 g/mol. The van der Waals surface area contributed by atoms with Crippen LogP contribution in [0.5, 0.6) is 0 Å².